The van der Waals surface area contributed by atoms with Crippen LogP contribution in [0.15, 0.2) is 41.2 Å². The van der Waals surface area contributed by atoms with Crippen molar-refractivity contribution < 1.29 is 4.74 Å². The van der Waals surface area contributed by atoms with Crippen molar-refractivity contribution in [1.29, 1.82) is 0 Å². The molecule has 0 saturated carbocycles. The summed E-state index contributed by atoms with van der Waals surface area (Å²) in [4.78, 5) is 12.5. The van der Waals surface area contributed by atoms with Gasteiger partial charge in [-0.1, -0.05) is 24.4 Å². The Hall–Kier alpha value is -2.14. The van der Waals surface area contributed by atoms with Gasteiger partial charge in [-0.05, 0) is 31.2 Å². The average molecular weight is 288 g/mol. The van der Waals surface area contributed by atoms with Gasteiger partial charge in [-0.2, -0.15) is 0 Å². The first-order valence-electron chi connectivity index (χ1n) is 6.26. The summed E-state index contributed by atoms with van der Waals surface area (Å²) in [6.45, 7) is 2.45. The molecule has 5 heteroatoms. The van der Waals surface area contributed by atoms with Gasteiger partial charge in [-0.25, -0.2) is 0 Å². The van der Waals surface area contributed by atoms with Crippen molar-refractivity contribution in [3.63, 3.8) is 0 Å². The molecule has 0 bridgehead atoms. The van der Waals surface area contributed by atoms with Crippen LogP contribution in [0.2, 0.25) is 0 Å². The molecule has 0 radical (unpaired) electrons. The maximum atomic E-state index is 12.4. The molecule has 4 nitrogen and oxygen atoms in total. The molecule has 0 amide bonds. The molecule has 0 aliphatic rings. The van der Waals surface area contributed by atoms with Crippen molar-refractivity contribution in [2.24, 2.45) is 5.73 Å². The van der Waals surface area contributed by atoms with Gasteiger partial charge >= 0.3 is 0 Å². The Morgan fingerprint density at radius 1 is 1.35 bits per heavy atom. The van der Waals surface area contributed by atoms with Gasteiger partial charge in [0, 0.05) is 12.1 Å². The lowest BCUT2D eigenvalue weighted by atomic mass is 10.1. The minimum absolute atomic E-state index is 0.120. The van der Waals surface area contributed by atoms with Crippen LogP contribution in [-0.2, 0) is 6.54 Å². The lowest BCUT2D eigenvalue weighted by Crippen LogP contribution is -2.29. The summed E-state index contributed by atoms with van der Waals surface area (Å²) in [5, 5.41) is 0. The first kappa shape index (κ1) is 14.3. The van der Waals surface area contributed by atoms with Gasteiger partial charge in [0.15, 0.2) is 0 Å². The molecule has 0 aliphatic heterocycles. The van der Waals surface area contributed by atoms with Crippen LogP contribution >= 0.6 is 12.2 Å². The Morgan fingerprint density at radius 3 is 2.70 bits per heavy atom. The summed E-state index contributed by atoms with van der Waals surface area (Å²) in [5.74, 6) is 0.746. The molecule has 0 saturated heterocycles. The van der Waals surface area contributed by atoms with Crippen molar-refractivity contribution in [2.75, 3.05) is 7.11 Å². The largest absolute Gasteiger partial charge is 0.497 e. The summed E-state index contributed by atoms with van der Waals surface area (Å²) < 4.78 is 6.87. The number of nitrogens with two attached hydrogens (primary N) is 1. The minimum Gasteiger partial charge on any atom is -0.497 e. The molecular formula is C15H16N2O2S. The molecule has 0 atom stereocenters. The number of hydrogen-bond donors (Lipinski definition) is 1. The quantitative estimate of drug-likeness (QED) is 0.876. The number of hydrogen-bond acceptors (Lipinski definition) is 3. The van der Waals surface area contributed by atoms with E-state index in [1.165, 1.54) is 0 Å². The monoisotopic (exact) mass is 288 g/mol. The Balaban J connectivity index is 2.65. The van der Waals surface area contributed by atoms with Gasteiger partial charge in [0.25, 0.3) is 5.56 Å². The van der Waals surface area contributed by atoms with Gasteiger partial charge in [-0.3, -0.25) is 4.79 Å². The zero-order valence-corrected chi connectivity index (χ0v) is 12.2. The predicted molar refractivity (Wildman–Crippen MR) is 84.3 cm³/mol. The Kier molecular flexibility index (Phi) is 4.20. The number of rotatable bonds is 4. The van der Waals surface area contributed by atoms with Crippen LogP contribution in [0.4, 0.5) is 0 Å². The fourth-order valence-corrected chi connectivity index (χ4v) is 2.27. The molecule has 1 aromatic heterocycles. The Morgan fingerprint density at radius 2 is 2.10 bits per heavy atom. The van der Waals surface area contributed by atoms with E-state index < -0.39 is 0 Å². The van der Waals surface area contributed by atoms with Gasteiger partial charge in [0.1, 0.15) is 10.7 Å². The van der Waals surface area contributed by atoms with E-state index in [0.29, 0.717) is 12.1 Å². The number of methoxy groups -OCH3 is 1. The van der Waals surface area contributed by atoms with Crippen LogP contribution in [-0.4, -0.2) is 16.7 Å². The number of benzene rings is 1. The zero-order chi connectivity index (χ0) is 14.7. The van der Waals surface area contributed by atoms with Crippen molar-refractivity contribution in [3.05, 3.63) is 52.3 Å². The highest BCUT2D eigenvalue weighted by molar-refractivity contribution is 7.80. The number of ether oxygens (including phenoxy) is 1. The van der Waals surface area contributed by atoms with Crippen LogP contribution in [0, 0.1) is 0 Å². The maximum Gasteiger partial charge on any atom is 0.261 e. The van der Waals surface area contributed by atoms with Gasteiger partial charge < -0.3 is 15.0 Å². The van der Waals surface area contributed by atoms with Crippen LogP contribution in [0.1, 0.15) is 12.5 Å². The minimum atomic E-state index is -0.166. The van der Waals surface area contributed by atoms with Gasteiger partial charge in [-0.15, -0.1) is 0 Å². The molecule has 104 valence electrons. The molecule has 0 aliphatic carbocycles. The van der Waals surface area contributed by atoms with Crippen LogP contribution in [0.25, 0.3) is 11.3 Å². The van der Waals surface area contributed by atoms with E-state index >= 15 is 0 Å². The van der Waals surface area contributed by atoms with Crippen molar-refractivity contribution in [2.45, 2.75) is 13.5 Å². The normalized spacial score (nSPS) is 10.3. The molecular weight excluding hydrogens is 272 g/mol. The summed E-state index contributed by atoms with van der Waals surface area (Å²) in [6.07, 6.45) is 0. The zero-order valence-electron chi connectivity index (χ0n) is 11.4. The Bertz CT molecular complexity index is 707. The molecule has 1 aromatic carbocycles. The smallest absolute Gasteiger partial charge is 0.261 e. The van der Waals surface area contributed by atoms with Crippen LogP contribution in [0.5, 0.6) is 5.75 Å². The van der Waals surface area contributed by atoms with E-state index in [2.05, 4.69) is 0 Å². The third kappa shape index (κ3) is 2.58. The highest BCUT2D eigenvalue weighted by atomic mass is 32.1. The van der Waals surface area contributed by atoms with E-state index in [1.807, 2.05) is 37.3 Å². The third-order valence-electron chi connectivity index (χ3n) is 3.12. The van der Waals surface area contributed by atoms with Crippen molar-refractivity contribution >= 4 is 17.2 Å². The van der Waals surface area contributed by atoms with E-state index in [1.54, 1.807) is 17.7 Å². The second-order valence-electron chi connectivity index (χ2n) is 4.28. The average Bonchev–Trinajstić information content (AvgIpc) is 2.46. The van der Waals surface area contributed by atoms with Crippen LogP contribution in [0.3, 0.4) is 0 Å². The fourth-order valence-electron chi connectivity index (χ4n) is 2.11. The highest BCUT2D eigenvalue weighted by Gasteiger charge is 2.11. The third-order valence-corrected chi connectivity index (χ3v) is 3.34. The summed E-state index contributed by atoms with van der Waals surface area (Å²) in [7, 11) is 1.61. The number of aromatic nitrogens is 1. The molecule has 0 spiro atoms. The summed E-state index contributed by atoms with van der Waals surface area (Å²) in [6, 6.07) is 11.1. The summed E-state index contributed by atoms with van der Waals surface area (Å²) >= 11 is 4.90. The molecule has 2 aromatic rings. The SMILES string of the molecule is CCn1c(-c2cccc(OC)c2)ccc(C(N)=S)c1=O. The maximum absolute atomic E-state index is 12.4. The first-order valence-corrected chi connectivity index (χ1v) is 6.67. The van der Waals surface area contributed by atoms with Crippen molar-refractivity contribution in [3.8, 4) is 17.0 Å². The number of thiocarbonyl (C=S) groups is 1. The first-order chi connectivity index (χ1) is 9.58. The second-order valence-corrected chi connectivity index (χ2v) is 4.72. The van der Waals surface area contributed by atoms with Gasteiger partial charge in [0.2, 0.25) is 0 Å². The highest BCUT2D eigenvalue weighted by Crippen LogP contribution is 2.23. The number of pyridine rings is 1. The molecule has 0 fully saturated rings. The summed E-state index contributed by atoms with van der Waals surface area (Å²) in [5.41, 5.74) is 7.50. The molecule has 0 unspecified atom stereocenters. The Labute approximate surface area is 122 Å². The van der Waals surface area contributed by atoms with Crippen molar-refractivity contribution in [1.82, 2.24) is 4.57 Å². The lowest BCUT2D eigenvalue weighted by Gasteiger charge is -2.13. The number of nitrogens with zero attached hydrogens (tertiary/aromatic N) is 1. The topological polar surface area (TPSA) is 57.2 Å². The molecule has 2 N–H and O–H groups in total. The van der Waals surface area contributed by atoms with Crippen LogP contribution < -0.4 is 16.0 Å². The molecule has 1 heterocycles. The van der Waals surface area contributed by atoms with E-state index in [-0.39, 0.29) is 10.5 Å². The fraction of sp³-hybridized carbons (Fsp3) is 0.200. The predicted octanol–water partition coefficient (Wildman–Crippen LogP) is 2.18. The van der Waals surface area contributed by atoms with E-state index in [0.717, 1.165) is 17.0 Å². The van der Waals surface area contributed by atoms with Gasteiger partial charge in [0.05, 0.1) is 18.4 Å². The standard InChI is InChI=1S/C15H16N2O2S/c1-3-17-13(8-7-12(14(16)20)15(17)18)10-5-4-6-11(9-10)19-2/h4-9H,3H2,1-2H3,(H2,16,20). The van der Waals surface area contributed by atoms with E-state index in [4.69, 9.17) is 22.7 Å². The molecule has 2 rings (SSSR count). The lowest BCUT2D eigenvalue weighted by molar-refractivity contribution is 0.415. The second kappa shape index (κ2) is 5.88. The van der Waals surface area contributed by atoms with E-state index in [9.17, 15) is 4.79 Å². The molecule has 20 heavy (non-hydrogen) atoms.